The SMILES string of the molecule is O=C(c1ccc(C(F)(F)F)nc1)N1CCC(NS(=O)(=O)c2ccc(Br)cc2C(F)(F)F)CC1. The third kappa shape index (κ3) is 6.03. The van der Waals surface area contributed by atoms with Crippen LogP contribution in [0.4, 0.5) is 26.3 Å². The number of sulfonamides is 1. The molecule has 33 heavy (non-hydrogen) atoms. The Labute approximate surface area is 193 Å². The molecular weight excluding hydrogens is 544 g/mol. The van der Waals surface area contributed by atoms with E-state index >= 15 is 0 Å². The summed E-state index contributed by atoms with van der Waals surface area (Å²) in [6.07, 6.45) is -8.50. The molecule has 0 unspecified atom stereocenters. The summed E-state index contributed by atoms with van der Waals surface area (Å²) >= 11 is 2.89. The maximum atomic E-state index is 13.3. The largest absolute Gasteiger partial charge is 0.433 e. The molecule has 0 atom stereocenters. The zero-order valence-electron chi connectivity index (χ0n) is 16.5. The minimum absolute atomic E-state index is 0.0551. The standard InChI is InChI=1S/C19H16BrF6N3O3S/c20-12-2-3-15(14(9-12)18(21,22)23)33(31,32)28-13-5-7-29(8-6-13)17(30)11-1-4-16(27-10-11)19(24,25)26/h1-4,9-10,13,28H,5-8H2. The highest BCUT2D eigenvalue weighted by molar-refractivity contribution is 9.10. The number of nitrogens with one attached hydrogen (secondary N) is 1. The van der Waals surface area contributed by atoms with Crippen LogP contribution in [0.1, 0.15) is 34.5 Å². The predicted octanol–water partition coefficient (Wildman–Crippen LogP) is 4.46. The normalized spacial score (nSPS) is 16.2. The van der Waals surface area contributed by atoms with Crippen molar-refractivity contribution >= 4 is 31.9 Å². The van der Waals surface area contributed by atoms with Crippen LogP contribution in [0.5, 0.6) is 0 Å². The molecule has 0 aliphatic carbocycles. The second kappa shape index (κ2) is 9.22. The number of aromatic nitrogens is 1. The molecule has 0 bridgehead atoms. The Hall–Kier alpha value is -2.19. The highest BCUT2D eigenvalue weighted by Gasteiger charge is 2.38. The predicted molar refractivity (Wildman–Crippen MR) is 108 cm³/mol. The highest BCUT2D eigenvalue weighted by Crippen LogP contribution is 2.36. The van der Waals surface area contributed by atoms with Crippen molar-refractivity contribution < 1.29 is 39.6 Å². The first kappa shape index (κ1) is 25.4. The van der Waals surface area contributed by atoms with Crippen molar-refractivity contribution in [3.8, 4) is 0 Å². The lowest BCUT2D eigenvalue weighted by Gasteiger charge is -2.32. The van der Waals surface area contributed by atoms with Gasteiger partial charge in [0, 0.05) is 29.8 Å². The average molecular weight is 560 g/mol. The molecule has 1 saturated heterocycles. The summed E-state index contributed by atoms with van der Waals surface area (Å²) in [6, 6.07) is 3.67. The summed E-state index contributed by atoms with van der Waals surface area (Å²) in [7, 11) is -4.51. The fourth-order valence-corrected chi connectivity index (χ4v) is 5.19. The summed E-state index contributed by atoms with van der Waals surface area (Å²) in [5.74, 6) is -0.579. The van der Waals surface area contributed by atoms with Crippen molar-refractivity contribution in [1.29, 1.82) is 0 Å². The van der Waals surface area contributed by atoms with Gasteiger partial charge in [0.1, 0.15) is 5.69 Å². The number of hydrogen-bond donors (Lipinski definition) is 1. The Kier molecular flexibility index (Phi) is 7.10. The molecule has 2 heterocycles. The van der Waals surface area contributed by atoms with Gasteiger partial charge in [0.15, 0.2) is 0 Å². The van der Waals surface area contributed by atoms with E-state index in [-0.39, 0.29) is 36.0 Å². The van der Waals surface area contributed by atoms with Crippen LogP contribution >= 0.6 is 15.9 Å². The Morgan fingerprint density at radius 1 is 1.03 bits per heavy atom. The number of carbonyl (C=O) groups is 1. The molecule has 1 fully saturated rings. The number of benzene rings is 1. The number of piperidine rings is 1. The summed E-state index contributed by atoms with van der Waals surface area (Å²) in [4.78, 5) is 16.1. The molecule has 0 spiro atoms. The second-order valence-corrected chi connectivity index (χ2v) is 9.85. The van der Waals surface area contributed by atoms with Gasteiger partial charge >= 0.3 is 12.4 Å². The third-order valence-corrected chi connectivity index (χ3v) is 7.01. The molecule has 6 nitrogen and oxygen atoms in total. The van der Waals surface area contributed by atoms with Crippen molar-refractivity contribution in [3.05, 3.63) is 57.8 Å². The maximum absolute atomic E-state index is 13.3. The molecule has 180 valence electrons. The van der Waals surface area contributed by atoms with Crippen molar-refractivity contribution in [2.24, 2.45) is 0 Å². The number of hydrogen-bond acceptors (Lipinski definition) is 4. The first-order chi connectivity index (χ1) is 15.2. The number of amides is 1. The van der Waals surface area contributed by atoms with E-state index in [4.69, 9.17) is 0 Å². The molecule has 1 aromatic carbocycles. The fraction of sp³-hybridized carbons (Fsp3) is 0.368. The van der Waals surface area contributed by atoms with Gasteiger partial charge in [-0.2, -0.15) is 26.3 Å². The molecule has 1 N–H and O–H groups in total. The minimum atomic E-state index is -4.89. The summed E-state index contributed by atoms with van der Waals surface area (Å²) in [5.41, 5.74) is -2.52. The van der Waals surface area contributed by atoms with E-state index in [2.05, 4.69) is 25.6 Å². The molecule has 1 aromatic heterocycles. The van der Waals surface area contributed by atoms with E-state index < -0.39 is 50.5 Å². The average Bonchev–Trinajstić information content (AvgIpc) is 2.72. The molecule has 3 rings (SSSR count). The summed E-state index contributed by atoms with van der Waals surface area (Å²) < 4.78 is 105. The van der Waals surface area contributed by atoms with Gasteiger partial charge < -0.3 is 4.90 Å². The Morgan fingerprint density at radius 2 is 1.67 bits per heavy atom. The van der Waals surface area contributed by atoms with Crippen LogP contribution in [0.3, 0.4) is 0 Å². The van der Waals surface area contributed by atoms with Crippen LogP contribution in [-0.2, 0) is 22.4 Å². The van der Waals surface area contributed by atoms with Gasteiger partial charge in [-0.25, -0.2) is 13.1 Å². The number of carbonyl (C=O) groups excluding carboxylic acids is 1. The van der Waals surface area contributed by atoms with Gasteiger partial charge in [0.2, 0.25) is 10.0 Å². The lowest BCUT2D eigenvalue weighted by atomic mass is 10.1. The minimum Gasteiger partial charge on any atom is -0.338 e. The van der Waals surface area contributed by atoms with Gasteiger partial charge in [-0.15, -0.1) is 0 Å². The Bertz CT molecular complexity index is 1130. The Morgan fingerprint density at radius 3 is 2.18 bits per heavy atom. The molecule has 1 amide bonds. The number of alkyl halides is 6. The van der Waals surface area contributed by atoms with Gasteiger partial charge in [-0.05, 0) is 43.2 Å². The zero-order chi connectivity index (χ0) is 24.6. The number of nitrogens with zero attached hydrogens (tertiary/aromatic N) is 2. The van der Waals surface area contributed by atoms with Gasteiger partial charge in [0.25, 0.3) is 5.91 Å². The number of pyridine rings is 1. The van der Waals surface area contributed by atoms with Crippen molar-refractivity contribution in [1.82, 2.24) is 14.6 Å². The van der Waals surface area contributed by atoms with Crippen LogP contribution in [0.2, 0.25) is 0 Å². The molecule has 2 aromatic rings. The summed E-state index contributed by atoms with van der Waals surface area (Å²) in [5, 5.41) is 0. The lowest BCUT2D eigenvalue weighted by Crippen LogP contribution is -2.46. The monoisotopic (exact) mass is 559 g/mol. The third-order valence-electron chi connectivity index (χ3n) is 4.94. The van der Waals surface area contributed by atoms with Crippen LogP contribution < -0.4 is 4.72 Å². The summed E-state index contributed by atoms with van der Waals surface area (Å²) in [6.45, 7) is 0.110. The maximum Gasteiger partial charge on any atom is 0.433 e. The highest BCUT2D eigenvalue weighted by atomic mass is 79.9. The van der Waals surface area contributed by atoms with Crippen LogP contribution in [-0.4, -0.2) is 43.3 Å². The van der Waals surface area contributed by atoms with E-state index in [9.17, 15) is 39.6 Å². The first-order valence-corrected chi connectivity index (χ1v) is 11.7. The van der Waals surface area contributed by atoms with E-state index in [1.165, 1.54) is 11.0 Å². The van der Waals surface area contributed by atoms with E-state index in [1.807, 2.05) is 0 Å². The van der Waals surface area contributed by atoms with Crippen molar-refractivity contribution in [2.45, 2.75) is 36.1 Å². The van der Waals surface area contributed by atoms with Crippen LogP contribution in [0.15, 0.2) is 45.9 Å². The van der Waals surface area contributed by atoms with E-state index in [1.54, 1.807) is 0 Å². The molecule has 1 aliphatic heterocycles. The first-order valence-electron chi connectivity index (χ1n) is 9.40. The van der Waals surface area contributed by atoms with Gasteiger partial charge in [0.05, 0.1) is 16.0 Å². The van der Waals surface area contributed by atoms with Gasteiger partial charge in [-0.1, -0.05) is 15.9 Å². The van der Waals surface area contributed by atoms with Crippen LogP contribution in [0.25, 0.3) is 0 Å². The van der Waals surface area contributed by atoms with Crippen molar-refractivity contribution in [3.63, 3.8) is 0 Å². The Balaban J connectivity index is 1.66. The topological polar surface area (TPSA) is 79.4 Å². The molecule has 14 heteroatoms. The quantitative estimate of drug-likeness (QED) is 0.561. The number of rotatable bonds is 4. The lowest BCUT2D eigenvalue weighted by molar-refractivity contribution is -0.141. The number of halogens is 7. The molecule has 0 saturated carbocycles. The van der Waals surface area contributed by atoms with Crippen molar-refractivity contribution in [2.75, 3.05) is 13.1 Å². The van der Waals surface area contributed by atoms with E-state index in [0.29, 0.717) is 12.1 Å². The molecule has 1 aliphatic rings. The fourth-order valence-electron chi connectivity index (χ4n) is 3.31. The zero-order valence-corrected chi connectivity index (χ0v) is 18.9. The van der Waals surface area contributed by atoms with Crippen LogP contribution in [0, 0.1) is 0 Å². The molecule has 0 radical (unpaired) electrons. The smallest absolute Gasteiger partial charge is 0.338 e. The molecular formula is C19H16BrF6N3O3S. The number of likely N-dealkylation sites (tertiary alicyclic amines) is 1. The van der Waals surface area contributed by atoms with E-state index in [0.717, 1.165) is 18.3 Å². The van der Waals surface area contributed by atoms with Gasteiger partial charge in [-0.3, -0.25) is 9.78 Å². The second-order valence-electron chi connectivity index (χ2n) is 7.26.